The predicted octanol–water partition coefficient (Wildman–Crippen LogP) is 7.19. The maximum atomic E-state index is 5.92. The summed E-state index contributed by atoms with van der Waals surface area (Å²) in [5.41, 5.74) is 0. The number of unbranched alkanes of at least 4 members (excludes halogenated alkanes) is 6. The van der Waals surface area contributed by atoms with E-state index < -0.39 is 0 Å². The molecule has 1 heterocycles. The molecule has 1 aromatic heterocycles. The van der Waals surface area contributed by atoms with Gasteiger partial charge in [-0.2, -0.15) is 0 Å². The standard InChI is InChI=1S/C16H26Br2O2S/c1-3-5-7-9-11-19-13-14(16(18)21-15(13)17)20-12-10-8-6-4-2/h3-12H2,1-2H3. The number of hydrogen-bond donors (Lipinski definition) is 0. The molecule has 0 amide bonds. The van der Waals surface area contributed by atoms with E-state index in [0.717, 1.165) is 45.1 Å². The SMILES string of the molecule is CCCCCCOc1c(Br)sc(Br)c1OCCCCCC. The van der Waals surface area contributed by atoms with Gasteiger partial charge in [0.15, 0.2) is 11.5 Å². The lowest BCUT2D eigenvalue weighted by Gasteiger charge is -2.10. The smallest absolute Gasteiger partial charge is 0.187 e. The zero-order valence-corrected chi connectivity index (χ0v) is 17.0. The first kappa shape index (κ1) is 19.3. The van der Waals surface area contributed by atoms with Crippen molar-refractivity contribution in [3.05, 3.63) is 7.57 Å². The van der Waals surface area contributed by atoms with E-state index in [-0.39, 0.29) is 0 Å². The van der Waals surface area contributed by atoms with E-state index in [0.29, 0.717) is 0 Å². The van der Waals surface area contributed by atoms with Gasteiger partial charge in [-0.25, -0.2) is 0 Å². The van der Waals surface area contributed by atoms with Crippen molar-refractivity contribution < 1.29 is 9.47 Å². The first-order chi connectivity index (χ1) is 10.2. The minimum atomic E-state index is 0.758. The van der Waals surface area contributed by atoms with Crippen LogP contribution in [-0.2, 0) is 0 Å². The quantitative estimate of drug-likeness (QED) is 0.319. The van der Waals surface area contributed by atoms with Gasteiger partial charge in [-0.1, -0.05) is 52.4 Å². The van der Waals surface area contributed by atoms with Crippen LogP contribution in [0.25, 0.3) is 0 Å². The summed E-state index contributed by atoms with van der Waals surface area (Å²) in [5.74, 6) is 1.72. The number of ether oxygens (including phenoxy) is 2. The maximum Gasteiger partial charge on any atom is 0.187 e. The van der Waals surface area contributed by atoms with Crippen molar-refractivity contribution in [3.63, 3.8) is 0 Å². The minimum Gasteiger partial charge on any atom is -0.488 e. The Morgan fingerprint density at radius 2 is 1.14 bits per heavy atom. The molecule has 0 fully saturated rings. The van der Waals surface area contributed by atoms with E-state index in [2.05, 4.69) is 45.7 Å². The topological polar surface area (TPSA) is 18.5 Å². The summed E-state index contributed by atoms with van der Waals surface area (Å²) in [6.45, 7) is 5.96. The molecule has 21 heavy (non-hydrogen) atoms. The first-order valence-corrected chi connectivity index (χ1v) is 10.3. The van der Waals surface area contributed by atoms with Crippen LogP contribution in [0.2, 0.25) is 0 Å². The largest absolute Gasteiger partial charge is 0.488 e. The summed E-state index contributed by atoms with van der Waals surface area (Å²) in [4.78, 5) is 0. The lowest BCUT2D eigenvalue weighted by molar-refractivity contribution is 0.259. The lowest BCUT2D eigenvalue weighted by Crippen LogP contribution is -2.01. The van der Waals surface area contributed by atoms with Gasteiger partial charge >= 0.3 is 0 Å². The lowest BCUT2D eigenvalue weighted by atomic mass is 10.2. The maximum absolute atomic E-state index is 5.92. The van der Waals surface area contributed by atoms with Crippen molar-refractivity contribution in [2.45, 2.75) is 65.2 Å². The summed E-state index contributed by atoms with van der Waals surface area (Å²) in [6.07, 6.45) is 9.71. The Morgan fingerprint density at radius 1 is 0.714 bits per heavy atom. The van der Waals surface area contributed by atoms with Gasteiger partial charge in [0.25, 0.3) is 0 Å². The van der Waals surface area contributed by atoms with Crippen molar-refractivity contribution >= 4 is 43.2 Å². The number of thiophene rings is 1. The Hall–Kier alpha value is 0.260. The molecule has 0 atom stereocenters. The molecular weight excluding hydrogens is 416 g/mol. The van der Waals surface area contributed by atoms with Gasteiger partial charge in [-0.3, -0.25) is 0 Å². The Bertz CT molecular complexity index is 359. The van der Waals surface area contributed by atoms with Gasteiger partial charge in [0.1, 0.15) is 7.57 Å². The summed E-state index contributed by atoms with van der Waals surface area (Å²) in [5, 5.41) is 0. The normalized spacial score (nSPS) is 10.9. The Kier molecular flexibility index (Phi) is 10.8. The Labute approximate surface area is 149 Å². The molecule has 2 nitrogen and oxygen atoms in total. The van der Waals surface area contributed by atoms with Crippen LogP contribution in [0.15, 0.2) is 7.57 Å². The van der Waals surface area contributed by atoms with E-state index in [1.165, 1.54) is 38.5 Å². The first-order valence-electron chi connectivity index (χ1n) is 7.94. The molecule has 0 N–H and O–H groups in total. The van der Waals surface area contributed by atoms with Crippen LogP contribution in [0.4, 0.5) is 0 Å². The molecule has 1 rings (SSSR count). The van der Waals surface area contributed by atoms with Crippen LogP contribution in [0, 0.1) is 0 Å². The molecule has 0 aliphatic rings. The highest BCUT2D eigenvalue weighted by atomic mass is 79.9. The van der Waals surface area contributed by atoms with E-state index in [4.69, 9.17) is 9.47 Å². The van der Waals surface area contributed by atoms with Crippen LogP contribution in [0.5, 0.6) is 11.5 Å². The third kappa shape index (κ3) is 7.38. The second-order valence-electron chi connectivity index (χ2n) is 5.13. The molecule has 122 valence electrons. The third-order valence-electron chi connectivity index (χ3n) is 3.23. The molecule has 0 aliphatic heterocycles. The second kappa shape index (κ2) is 11.8. The summed E-state index contributed by atoms with van der Waals surface area (Å²) >= 11 is 8.75. The molecular formula is C16H26Br2O2S. The van der Waals surface area contributed by atoms with Crippen molar-refractivity contribution in [3.8, 4) is 11.5 Å². The predicted molar refractivity (Wildman–Crippen MR) is 99.0 cm³/mol. The van der Waals surface area contributed by atoms with Gasteiger partial charge in [-0.15, -0.1) is 11.3 Å². The van der Waals surface area contributed by atoms with Crippen LogP contribution in [0.1, 0.15) is 65.2 Å². The molecule has 5 heteroatoms. The van der Waals surface area contributed by atoms with Crippen molar-refractivity contribution in [2.75, 3.05) is 13.2 Å². The average molecular weight is 442 g/mol. The molecule has 0 radical (unpaired) electrons. The van der Waals surface area contributed by atoms with E-state index in [9.17, 15) is 0 Å². The average Bonchev–Trinajstić information content (AvgIpc) is 2.73. The fraction of sp³-hybridized carbons (Fsp3) is 0.750. The molecule has 0 aliphatic carbocycles. The van der Waals surface area contributed by atoms with Crippen LogP contribution in [-0.4, -0.2) is 13.2 Å². The molecule has 0 saturated carbocycles. The van der Waals surface area contributed by atoms with Crippen LogP contribution in [0.3, 0.4) is 0 Å². The summed E-state index contributed by atoms with van der Waals surface area (Å²) in [6, 6.07) is 0. The molecule has 0 bridgehead atoms. The van der Waals surface area contributed by atoms with Gasteiger partial charge in [0.05, 0.1) is 13.2 Å². The monoisotopic (exact) mass is 440 g/mol. The fourth-order valence-corrected chi connectivity index (χ4v) is 4.86. The van der Waals surface area contributed by atoms with Crippen molar-refractivity contribution in [1.29, 1.82) is 0 Å². The molecule has 0 aromatic carbocycles. The zero-order valence-electron chi connectivity index (χ0n) is 13.1. The fourth-order valence-electron chi connectivity index (χ4n) is 2.00. The van der Waals surface area contributed by atoms with Crippen LogP contribution < -0.4 is 9.47 Å². The van der Waals surface area contributed by atoms with E-state index in [1.807, 2.05) is 0 Å². The second-order valence-corrected chi connectivity index (χ2v) is 8.78. The number of halogens is 2. The third-order valence-corrected chi connectivity index (χ3v) is 5.65. The number of rotatable bonds is 12. The van der Waals surface area contributed by atoms with Gasteiger partial charge in [0.2, 0.25) is 0 Å². The highest BCUT2D eigenvalue weighted by Crippen LogP contribution is 2.48. The van der Waals surface area contributed by atoms with Crippen molar-refractivity contribution in [1.82, 2.24) is 0 Å². The molecule has 0 unspecified atom stereocenters. The molecule has 0 saturated heterocycles. The minimum absolute atomic E-state index is 0.758. The molecule has 0 spiro atoms. The highest BCUT2D eigenvalue weighted by molar-refractivity contribution is 9.12. The van der Waals surface area contributed by atoms with Crippen LogP contribution >= 0.6 is 43.2 Å². The van der Waals surface area contributed by atoms with Gasteiger partial charge in [-0.05, 0) is 44.7 Å². The highest BCUT2D eigenvalue weighted by Gasteiger charge is 2.18. The summed E-state index contributed by atoms with van der Waals surface area (Å²) < 4.78 is 13.9. The number of hydrogen-bond acceptors (Lipinski definition) is 3. The Morgan fingerprint density at radius 3 is 1.52 bits per heavy atom. The Balaban J connectivity index is 2.42. The van der Waals surface area contributed by atoms with E-state index in [1.54, 1.807) is 11.3 Å². The summed E-state index contributed by atoms with van der Waals surface area (Å²) in [7, 11) is 0. The zero-order chi connectivity index (χ0) is 15.5. The van der Waals surface area contributed by atoms with Gasteiger partial charge in [0, 0.05) is 0 Å². The van der Waals surface area contributed by atoms with Gasteiger partial charge < -0.3 is 9.47 Å². The van der Waals surface area contributed by atoms with Crippen molar-refractivity contribution in [2.24, 2.45) is 0 Å². The van der Waals surface area contributed by atoms with E-state index >= 15 is 0 Å². The molecule has 1 aromatic rings.